The Morgan fingerprint density at radius 2 is 1.76 bits per heavy atom. The maximum absolute atomic E-state index is 12.3. The molecular weight excluding hydrogens is 322 g/mol. The minimum Gasteiger partial charge on any atom is -0.481 e. The Bertz CT molecular complexity index is 549. The standard InChI is InChI=1S/C18H27N3O4/c19-12-4-5-13-20-18(25)21(16(22)9-6-10-17(23)24)14-11-15-7-2-1-3-8-15/h1-3,7-8H,4-6,9-14,19H2,(H,20,25)(H,23,24). The highest BCUT2D eigenvalue weighted by Crippen LogP contribution is 2.06. The Morgan fingerprint density at radius 3 is 2.40 bits per heavy atom. The summed E-state index contributed by atoms with van der Waals surface area (Å²) in [6.07, 6.45) is 2.28. The number of amides is 3. The van der Waals surface area contributed by atoms with E-state index in [1.165, 1.54) is 4.90 Å². The van der Waals surface area contributed by atoms with E-state index in [4.69, 9.17) is 10.8 Å². The first-order chi connectivity index (χ1) is 12.0. The van der Waals surface area contributed by atoms with Gasteiger partial charge >= 0.3 is 12.0 Å². The number of imide groups is 1. The van der Waals surface area contributed by atoms with Crippen LogP contribution in [0, 0.1) is 0 Å². The van der Waals surface area contributed by atoms with Gasteiger partial charge in [-0.1, -0.05) is 30.3 Å². The third kappa shape index (κ3) is 8.85. The first kappa shape index (κ1) is 20.6. The van der Waals surface area contributed by atoms with Crippen molar-refractivity contribution in [1.29, 1.82) is 0 Å². The topological polar surface area (TPSA) is 113 Å². The Hall–Kier alpha value is -2.41. The molecule has 1 rings (SSSR count). The van der Waals surface area contributed by atoms with Crippen LogP contribution in [0.1, 0.15) is 37.7 Å². The zero-order valence-corrected chi connectivity index (χ0v) is 14.4. The molecule has 0 aliphatic carbocycles. The summed E-state index contributed by atoms with van der Waals surface area (Å²) in [5, 5.41) is 11.4. The normalized spacial score (nSPS) is 10.3. The largest absolute Gasteiger partial charge is 0.481 e. The predicted molar refractivity (Wildman–Crippen MR) is 95.0 cm³/mol. The molecule has 1 aromatic rings. The highest BCUT2D eigenvalue weighted by Gasteiger charge is 2.20. The van der Waals surface area contributed by atoms with Crippen LogP contribution in [0.2, 0.25) is 0 Å². The average molecular weight is 349 g/mol. The number of carbonyl (C=O) groups excluding carboxylic acids is 2. The number of hydrogen-bond donors (Lipinski definition) is 3. The van der Waals surface area contributed by atoms with Gasteiger partial charge in [-0.2, -0.15) is 0 Å². The SMILES string of the molecule is NCCCCNC(=O)N(CCc1ccccc1)C(=O)CCCC(=O)O. The third-order valence-corrected chi connectivity index (χ3v) is 3.70. The van der Waals surface area contributed by atoms with E-state index in [0.29, 0.717) is 19.5 Å². The van der Waals surface area contributed by atoms with Crippen LogP contribution in [0.5, 0.6) is 0 Å². The number of rotatable bonds is 11. The molecule has 0 aromatic heterocycles. The molecule has 3 amide bonds. The van der Waals surface area contributed by atoms with Gasteiger partial charge in [-0.15, -0.1) is 0 Å². The van der Waals surface area contributed by atoms with Gasteiger partial charge in [0.05, 0.1) is 0 Å². The van der Waals surface area contributed by atoms with Crippen LogP contribution in [0.4, 0.5) is 4.79 Å². The van der Waals surface area contributed by atoms with Crippen molar-refractivity contribution in [1.82, 2.24) is 10.2 Å². The minimum absolute atomic E-state index is 0.0390. The predicted octanol–water partition coefficient (Wildman–Crippen LogP) is 1.76. The summed E-state index contributed by atoms with van der Waals surface area (Å²) in [6.45, 7) is 1.28. The second-order valence-corrected chi connectivity index (χ2v) is 5.76. The monoisotopic (exact) mass is 349 g/mol. The highest BCUT2D eigenvalue weighted by molar-refractivity contribution is 5.94. The van der Waals surface area contributed by atoms with E-state index >= 15 is 0 Å². The molecule has 0 aliphatic rings. The molecule has 0 heterocycles. The number of benzene rings is 1. The lowest BCUT2D eigenvalue weighted by atomic mass is 10.1. The molecule has 0 bridgehead atoms. The van der Waals surface area contributed by atoms with Gasteiger partial charge in [-0.3, -0.25) is 14.5 Å². The van der Waals surface area contributed by atoms with E-state index in [2.05, 4.69) is 5.32 Å². The van der Waals surface area contributed by atoms with E-state index in [9.17, 15) is 14.4 Å². The summed E-state index contributed by atoms with van der Waals surface area (Å²) >= 11 is 0. The van der Waals surface area contributed by atoms with Crippen molar-refractivity contribution in [3.63, 3.8) is 0 Å². The maximum atomic E-state index is 12.3. The van der Waals surface area contributed by atoms with E-state index in [1.807, 2.05) is 30.3 Å². The molecule has 0 saturated heterocycles. The molecule has 0 radical (unpaired) electrons. The number of carboxylic acids is 1. The van der Waals surface area contributed by atoms with Crippen LogP contribution >= 0.6 is 0 Å². The number of urea groups is 1. The Kier molecular flexibility index (Phi) is 9.92. The van der Waals surface area contributed by atoms with Crippen molar-refractivity contribution >= 4 is 17.9 Å². The molecule has 1 aromatic carbocycles. The summed E-state index contributed by atoms with van der Waals surface area (Å²) in [7, 11) is 0. The molecule has 4 N–H and O–H groups in total. The van der Waals surface area contributed by atoms with Gasteiger partial charge in [0.25, 0.3) is 0 Å². The lowest BCUT2D eigenvalue weighted by molar-refractivity contribution is -0.137. The fourth-order valence-electron chi connectivity index (χ4n) is 2.31. The van der Waals surface area contributed by atoms with Gasteiger partial charge in [0.15, 0.2) is 0 Å². The number of nitrogens with zero attached hydrogens (tertiary/aromatic N) is 1. The quantitative estimate of drug-likeness (QED) is 0.527. The molecule has 138 valence electrons. The first-order valence-electron chi connectivity index (χ1n) is 8.58. The third-order valence-electron chi connectivity index (χ3n) is 3.70. The van der Waals surface area contributed by atoms with Crippen LogP contribution in [0.3, 0.4) is 0 Å². The van der Waals surface area contributed by atoms with Crippen LogP contribution < -0.4 is 11.1 Å². The van der Waals surface area contributed by atoms with E-state index in [1.54, 1.807) is 0 Å². The fourth-order valence-corrected chi connectivity index (χ4v) is 2.31. The highest BCUT2D eigenvalue weighted by atomic mass is 16.4. The summed E-state index contributed by atoms with van der Waals surface area (Å²) in [5.41, 5.74) is 6.45. The van der Waals surface area contributed by atoms with Gasteiger partial charge in [0.2, 0.25) is 5.91 Å². The van der Waals surface area contributed by atoms with Crippen molar-refractivity contribution < 1.29 is 19.5 Å². The van der Waals surface area contributed by atoms with E-state index in [0.717, 1.165) is 18.4 Å². The van der Waals surface area contributed by atoms with Crippen LogP contribution in [-0.4, -0.2) is 47.5 Å². The smallest absolute Gasteiger partial charge is 0.324 e. The van der Waals surface area contributed by atoms with Crippen molar-refractivity contribution in [2.24, 2.45) is 5.73 Å². The van der Waals surface area contributed by atoms with Gasteiger partial charge in [0.1, 0.15) is 0 Å². The number of nitrogens with one attached hydrogen (secondary N) is 1. The summed E-state index contributed by atoms with van der Waals surface area (Å²) in [4.78, 5) is 36.4. The zero-order chi connectivity index (χ0) is 18.5. The molecule has 0 atom stereocenters. The first-order valence-corrected chi connectivity index (χ1v) is 8.58. The van der Waals surface area contributed by atoms with Crippen LogP contribution in [-0.2, 0) is 16.0 Å². The lowest BCUT2D eigenvalue weighted by Gasteiger charge is -2.21. The Morgan fingerprint density at radius 1 is 1.04 bits per heavy atom. The molecule has 7 heteroatoms. The second kappa shape index (κ2) is 12.0. The summed E-state index contributed by atoms with van der Waals surface area (Å²) in [6, 6.07) is 9.15. The van der Waals surface area contributed by atoms with E-state index < -0.39 is 12.0 Å². The molecule has 0 unspecified atom stereocenters. The van der Waals surface area contributed by atoms with Crippen molar-refractivity contribution in [2.45, 2.75) is 38.5 Å². The molecular formula is C18H27N3O4. The molecule has 0 aliphatic heterocycles. The molecule has 0 saturated carbocycles. The van der Waals surface area contributed by atoms with Gasteiger partial charge < -0.3 is 16.2 Å². The molecule has 0 fully saturated rings. The van der Waals surface area contributed by atoms with Gasteiger partial charge in [-0.25, -0.2) is 4.79 Å². The minimum atomic E-state index is -0.949. The zero-order valence-electron chi connectivity index (χ0n) is 14.4. The molecule has 0 spiro atoms. The van der Waals surface area contributed by atoms with Gasteiger partial charge in [-0.05, 0) is 37.8 Å². The number of carboxylic acid groups (broad SMARTS) is 1. The average Bonchev–Trinajstić information content (AvgIpc) is 2.59. The van der Waals surface area contributed by atoms with Gasteiger partial charge in [0, 0.05) is 25.9 Å². The second-order valence-electron chi connectivity index (χ2n) is 5.76. The number of carbonyl (C=O) groups is 3. The van der Waals surface area contributed by atoms with Crippen molar-refractivity contribution in [3.05, 3.63) is 35.9 Å². The molecule has 25 heavy (non-hydrogen) atoms. The Balaban J connectivity index is 2.59. The number of nitrogens with two attached hydrogens (primary N) is 1. The summed E-state index contributed by atoms with van der Waals surface area (Å²) in [5.74, 6) is -1.30. The van der Waals surface area contributed by atoms with Crippen molar-refractivity contribution in [3.8, 4) is 0 Å². The number of hydrogen-bond acceptors (Lipinski definition) is 4. The lowest BCUT2D eigenvalue weighted by Crippen LogP contribution is -2.45. The maximum Gasteiger partial charge on any atom is 0.324 e. The fraction of sp³-hybridized carbons (Fsp3) is 0.500. The summed E-state index contributed by atoms with van der Waals surface area (Å²) < 4.78 is 0. The van der Waals surface area contributed by atoms with Crippen LogP contribution in [0.25, 0.3) is 0 Å². The van der Waals surface area contributed by atoms with Crippen LogP contribution in [0.15, 0.2) is 30.3 Å². The molecule has 7 nitrogen and oxygen atoms in total. The number of aliphatic carboxylic acids is 1. The number of unbranched alkanes of at least 4 members (excludes halogenated alkanes) is 1. The van der Waals surface area contributed by atoms with Crippen molar-refractivity contribution in [2.75, 3.05) is 19.6 Å². The van der Waals surface area contributed by atoms with E-state index in [-0.39, 0.29) is 31.7 Å². The Labute approximate surface area is 148 Å².